The third kappa shape index (κ3) is 3.93. The summed E-state index contributed by atoms with van der Waals surface area (Å²) in [6.45, 7) is 7.30. The van der Waals surface area contributed by atoms with E-state index in [0.29, 0.717) is 0 Å². The van der Waals surface area contributed by atoms with Crippen LogP contribution < -0.4 is 4.72 Å². The lowest BCUT2D eigenvalue weighted by Gasteiger charge is -2.32. The maximum Gasteiger partial charge on any atom is 0.214 e. The predicted octanol–water partition coefficient (Wildman–Crippen LogP) is 1.19. The summed E-state index contributed by atoms with van der Waals surface area (Å²) in [6.07, 6.45) is 4.22. The first-order chi connectivity index (χ1) is 7.97. The molecule has 0 aromatic carbocycles. The molecule has 1 aliphatic carbocycles. The van der Waals surface area contributed by atoms with Gasteiger partial charge in [0.25, 0.3) is 0 Å². The van der Waals surface area contributed by atoms with Crippen LogP contribution in [-0.4, -0.2) is 44.2 Å². The zero-order valence-corrected chi connectivity index (χ0v) is 11.7. The fourth-order valence-electron chi connectivity index (χ4n) is 2.63. The van der Waals surface area contributed by atoms with E-state index in [2.05, 4.69) is 16.5 Å². The zero-order valence-electron chi connectivity index (χ0n) is 10.9. The van der Waals surface area contributed by atoms with E-state index in [1.165, 1.54) is 12.8 Å². The predicted molar refractivity (Wildman–Crippen MR) is 69.4 cm³/mol. The number of likely N-dealkylation sites (tertiary alicyclic amines) is 1. The summed E-state index contributed by atoms with van der Waals surface area (Å²) in [4.78, 5) is 2.38. The Hall–Kier alpha value is -0.130. The lowest BCUT2D eigenvalue weighted by molar-refractivity contribution is 0.174. The van der Waals surface area contributed by atoms with Crippen LogP contribution >= 0.6 is 0 Å². The molecule has 1 heterocycles. The summed E-state index contributed by atoms with van der Waals surface area (Å²) in [7, 11) is -3.03. The first-order valence-corrected chi connectivity index (χ1v) is 8.25. The van der Waals surface area contributed by atoms with E-state index in [4.69, 9.17) is 0 Å². The molecule has 2 fully saturated rings. The Morgan fingerprint density at radius 3 is 2.65 bits per heavy atom. The number of rotatable bonds is 5. The fraction of sp³-hybridized carbons (Fsp3) is 1.00. The summed E-state index contributed by atoms with van der Waals surface area (Å²) >= 11 is 0. The van der Waals surface area contributed by atoms with Crippen LogP contribution in [0.1, 0.15) is 39.5 Å². The Bertz CT molecular complexity index is 352. The number of nitrogens with one attached hydrogen (secondary N) is 1. The van der Waals surface area contributed by atoms with Crippen LogP contribution in [0.25, 0.3) is 0 Å². The quantitative estimate of drug-likeness (QED) is 0.808. The van der Waals surface area contributed by atoms with Crippen LogP contribution in [0.5, 0.6) is 0 Å². The summed E-state index contributed by atoms with van der Waals surface area (Å²) in [5.41, 5.74) is 0. The van der Waals surface area contributed by atoms with E-state index in [9.17, 15) is 8.42 Å². The molecule has 0 radical (unpaired) electrons. The largest absolute Gasteiger partial charge is 0.301 e. The van der Waals surface area contributed by atoms with Crippen LogP contribution in [-0.2, 0) is 10.0 Å². The first-order valence-electron chi connectivity index (χ1n) is 6.71. The Labute approximate surface area is 105 Å². The highest BCUT2D eigenvalue weighted by Gasteiger charge is 2.36. The second-order valence-electron chi connectivity index (χ2n) is 5.77. The van der Waals surface area contributed by atoms with Crippen molar-refractivity contribution in [2.45, 2.75) is 50.8 Å². The van der Waals surface area contributed by atoms with Gasteiger partial charge in [-0.25, -0.2) is 13.1 Å². The van der Waals surface area contributed by atoms with Crippen LogP contribution in [0.15, 0.2) is 0 Å². The molecular weight excluding hydrogens is 236 g/mol. The van der Waals surface area contributed by atoms with Crippen molar-refractivity contribution < 1.29 is 8.42 Å². The van der Waals surface area contributed by atoms with E-state index in [1.807, 2.05) is 6.92 Å². The van der Waals surface area contributed by atoms with E-state index in [1.54, 1.807) is 0 Å². The Kier molecular flexibility index (Phi) is 4.10. The molecule has 17 heavy (non-hydrogen) atoms. The van der Waals surface area contributed by atoms with E-state index in [0.717, 1.165) is 38.4 Å². The normalized spacial score (nSPS) is 29.2. The Morgan fingerprint density at radius 2 is 2.06 bits per heavy atom. The molecule has 4 nitrogen and oxygen atoms in total. The molecular formula is C12H24N2O2S. The molecule has 1 saturated carbocycles. The van der Waals surface area contributed by atoms with Crippen molar-refractivity contribution in [3.05, 3.63) is 0 Å². The molecule has 0 aromatic rings. The van der Waals surface area contributed by atoms with Crippen LogP contribution in [0.3, 0.4) is 0 Å². The molecule has 2 aliphatic rings. The van der Waals surface area contributed by atoms with Crippen molar-refractivity contribution in [1.82, 2.24) is 9.62 Å². The lowest BCUT2D eigenvalue weighted by Crippen LogP contribution is -2.45. The summed E-state index contributed by atoms with van der Waals surface area (Å²) in [5, 5.41) is -0.106. The first kappa shape index (κ1) is 13.3. The number of hydrogen-bond donors (Lipinski definition) is 1. The van der Waals surface area contributed by atoms with Crippen LogP contribution in [0, 0.1) is 5.92 Å². The maximum absolute atomic E-state index is 11.8. The van der Waals surface area contributed by atoms with Gasteiger partial charge >= 0.3 is 0 Å². The molecule has 0 spiro atoms. The third-order valence-corrected chi connectivity index (χ3v) is 5.68. The van der Waals surface area contributed by atoms with Crippen molar-refractivity contribution in [1.29, 1.82) is 0 Å². The van der Waals surface area contributed by atoms with Gasteiger partial charge in [-0.2, -0.15) is 0 Å². The van der Waals surface area contributed by atoms with Crippen molar-refractivity contribution in [2.75, 3.05) is 19.6 Å². The number of hydrogen-bond acceptors (Lipinski definition) is 3. The van der Waals surface area contributed by atoms with E-state index < -0.39 is 10.0 Å². The average Bonchev–Trinajstić information content (AvgIpc) is 2.98. The number of nitrogens with zero attached hydrogens (tertiary/aromatic N) is 1. The van der Waals surface area contributed by atoms with Crippen molar-refractivity contribution in [2.24, 2.45) is 5.92 Å². The van der Waals surface area contributed by atoms with Gasteiger partial charge in [0.2, 0.25) is 10.0 Å². The summed E-state index contributed by atoms with van der Waals surface area (Å²) < 4.78 is 26.4. The third-order valence-electron chi connectivity index (χ3n) is 3.60. The zero-order chi connectivity index (χ0) is 12.5. The highest BCUT2D eigenvalue weighted by molar-refractivity contribution is 7.90. The van der Waals surface area contributed by atoms with Crippen LogP contribution in [0.4, 0.5) is 0 Å². The van der Waals surface area contributed by atoms with Crippen molar-refractivity contribution in [3.63, 3.8) is 0 Å². The summed E-state index contributed by atoms with van der Waals surface area (Å²) in [5.74, 6) is 0.746. The van der Waals surface area contributed by atoms with Crippen molar-refractivity contribution >= 4 is 10.0 Å². The number of sulfonamides is 1. The van der Waals surface area contributed by atoms with Gasteiger partial charge in [0.05, 0.1) is 5.25 Å². The van der Waals surface area contributed by atoms with Crippen LogP contribution in [0.2, 0.25) is 0 Å². The molecule has 0 bridgehead atoms. The molecule has 0 unspecified atom stereocenters. The standard InChI is InChI=1S/C12H24N2O2S/c1-10-4-3-7-14(8-10)9-11(2)13-17(15,16)12-5-6-12/h10-13H,3-9H2,1-2H3/t10-,11+/m1/s1. The Balaban J connectivity index is 1.78. The average molecular weight is 260 g/mol. The van der Waals surface area contributed by atoms with Gasteiger partial charge < -0.3 is 4.90 Å². The van der Waals surface area contributed by atoms with E-state index >= 15 is 0 Å². The highest BCUT2D eigenvalue weighted by Crippen LogP contribution is 2.27. The van der Waals surface area contributed by atoms with Gasteiger partial charge in [-0.1, -0.05) is 6.92 Å². The van der Waals surface area contributed by atoms with Gasteiger partial charge in [-0.3, -0.25) is 0 Å². The molecule has 2 rings (SSSR count). The van der Waals surface area contributed by atoms with Gasteiger partial charge in [-0.15, -0.1) is 0 Å². The second kappa shape index (κ2) is 5.24. The number of piperidine rings is 1. The van der Waals surface area contributed by atoms with E-state index in [-0.39, 0.29) is 11.3 Å². The minimum absolute atomic E-state index is 0.0332. The monoisotopic (exact) mass is 260 g/mol. The Morgan fingerprint density at radius 1 is 1.35 bits per heavy atom. The van der Waals surface area contributed by atoms with Crippen molar-refractivity contribution in [3.8, 4) is 0 Å². The molecule has 2 atom stereocenters. The van der Waals surface area contributed by atoms with Gasteiger partial charge in [0.15, 0.2) is 0 Å². The van der Waals surface area contributed by atoms with Gasteiger partial charge in [0, 0.05) is 19.1 Å². The van der Waals surface area contributed by atoms with Gasteiger partial charge in [0.1, 0.15) is 0 Å². The molecule has 100 valence electrons. The van der Waals surface area contributed by atoms with Gasteiger partial charge in [-0.05, 0) is 45.1 Å². The lowest BCUT2D eigenvalue weighted by atomic mass is 10.00. The molecule has 0 amide bonds. The topological polar surface area (TPSA) is 49.4 Å². The molecule has 1 saturated heterocycles. The smallest absolute Gasteiger partial charge is 0.214 e. The fourth-order valence-corrected chi connectivity index (χ4v) is 4.22. The molecule has 0 aromatic heterocycles. The summed E-state index contributed by atoms with van der Waals surface area (Å²) in [6, 6.07) is 0.0332. The minimum Gasteiger partial charge on any atom is -0.301 e. The molecule has 1 aliphatic heterocycles. The molecule has 5 heteroatoms. The molecule has 1 N–H and O–H groups in total. The SMILES string of the molecule is C[C@@H]1CCCN(C[C@H](C)NS(=O)(=O)C2CC2)C1. The minimum atomic E-state index is -3.03. The second-order valence-corrected chi connectivity index (χ2v) is 7.76. The maximum atomic E-state index is 11.8. The highest BCUT2D eigenvalue weighted by atomic mass is 32.2.